The van der Waals surface area contributed by atoms with Gasteiger partial charge in [-0.25, -0.2) is 0 Å². The SMILES string of the molecule is CCCC12CC(C(=O)OC)C3(Nc4ccccc4C34CCNC14)C2C. The lowest BCUT2D eigenvalue weighted by molar-refractivity contribution is -0.149. The van der Waals surface area contributed by atoms with Crippen LogP contribution in [0.4, 0.5) is 5.69 Å². The van der Waals surface area contributed by atoms with Crippen LogP contribution in [0.1, 0.15) is 45.1 Å². The van der Waals surface area contributed by atoms with E-state index >= 15 is 0 Å². The van der Waals surface area contributed by atoms with Gasteiger partial charge in [-0.05, 0) is 48.8 Å². The van der Waals surface area contributed by atoms with Crippen LogP contribution in [0, 0.1) is 17.3 Å². The first-order chi connectivity index (χ1) is 12.1. The molecule has 1 aromatic rings. The molecule has 4 nitrogen and oxygen atoms in total. The maximum absolute atomic E-state index is 12.9. The Hall–Kier alpha value is -1.55. The van der Waals surface area contributed by atoms with Crippen molar-refractivity contribution in [3.8, 4) is 0 Å². The molecule has 2 aliphatic carbocycles. The molecular weight excluding hydrogens is 312 g/mol. The Morgan fingerprint density at radius 2 is 2.16 bits per heavy atom. The number of ether oxygens (including phenoxy) is 1. The van der Waals surface area contributed by atoms with E-state index in [9.17, 15) is 4.79 Å². The Morgan fingerprint density at radius 1 is 1.36 bits per heavy atom. The van der Waals surface area contributed by atoms with Gasteiger partial charge in [-0.15, -0.1) is 0 Å². The molecule has 2 bridgehead atoms. The quantitative estimate of drug-likeness (QED) is 0.830. The summed E-state index contributed by atoms with van der Waals surface area (Å²) in [5, 5.41) is 7.81. The predicted octanol–water partition coefficient (Wildman–Crippen LogP) is 3.08. The summed E-state index contributed by atoms with van der Waals surface area (Å²) < 4.78 is 5.31. The Labute approximate surface area is 149 Å². The summed E-state index contributed by atoms with van der Waals surface area (Å²) in [5.74, 6) is 0.340. The van der Waals surface area contributed by atoms with Gasteiger partial charge in [-0.1, -0.05) is 38.5 Å². The number of benzene rings is 1. The summed E-state index contributed by atoms with van der Waals surface area (Å²) in [6.07, 6.45) is 4.37. The minimum Gasteiger partial charge on any atom is -0.469 e. The van der Waals surface area contributed by atoms with Gasteiger partial charge in [0.15, 0.2) is 0 Å². The Morgan fingerprint density at radius 3 is 2.92 bits per heavy atom. The van der Waals surface area contributed by atoms with E-state index in [0.29, 0.717) is 12.0 Å². The van der Waals surface area contributed by atoms with Gasteiger partial charge in [-0.3, -0.25) is 4.79 Å². The van der Waals surface area contributed by atoms with Crippen molar-refractivity contribution in [2.45, 2.75) is 56.5 Å². The topological polar surface area (TPSA) is 50.4 Å². The lowest BCUT2D eigenvalue weighted by atomic mass is 9.57. The van der Waals surface area contributed by atoms with Crippen LogP contribution in [0.5, 0.6) is 0 Å². The van der Waals surface area contributed by atoms with Crippen LogP contribution in [0.15, 0.2) is 24.3 Å². The lowest BCUT2D eigenvalue weighted by Gasteiger charge is -2.48. The van der Waals surface area contributed by atoms with Gasteiger partial charge in [0.2, 0.25) is 0 Å². The fraction of sp³-hybridized carbons (Fsp3) is 0.667. The third-order valence-electron chi connectivity index (χ3n) is 8.30. The molecule has 134 valence electrons. The Kier molecular flexibility index (Phi) is 3.00. The number of fused-ring (bicyclic) bond motifs is 3. The molecule has 1 aromatic carbocycles. The van der Waals surface area contributed by atoms with Crippen LogP contribution in [-0.4, -0.2) is 31.2 Å². The number of esters is 1. The van der Waals surface area contributed by atoms with E-state index < -0.39 is 0 Å². The van der Waals surface area contributed by atoms with Crippen LogP contribution >= 0.6 is 0 Å². The van der Waals surface area contributed by atoms with Crippen molar-refractivity contribution in [1.29, 1.82) is 0 Å². The molecule has 2 heterocycles. The number of rotatable bonds is 3. The number of hydrogen-bond acceptors (Lipinski definition) is 4. The summed E-state index contributed by atoms with van der Waals surface area (Å²) in [6, 6.07) is 9.18. The van der Waals surface area contributed by atoms with Gasteiger partial charge in [0.05, 0.1) is 18.6 Å². The van der Waals surface area contributed by atoms with Crippen molar-refractivity contribution in [1.82, 2.24) is 5.32 Å². The molecule has 1 saturated heterocycles. The molecule has 4 aliphatic rings. The summed E-state index contributed by atoms with van der Waals surface area (Å²) in [6.45, 7) is 5.70. The fourth-order valence-corrected chi connectivity index (χ4v) is 7.77. The number of methoxy groups -OCH3 is 1. The molecule has 6 atom stereocenters. The summed E-state index contributed by atoms with van der Waals surface area (Å²) in [4.78, 5) is 12.9. The summed E-state index contributed by atoms with van der Waals surface area (Å²) in [5.41, 5.74) is 2.61. The smallest absolute Gasteiger partial charge is 0.311 e. The van der Waals surface area contributed by atoms with E-state index in [0.717, 1.165) is 25.8 Å². The highest BCUT2D eigenvalue weighted by molar-refractivity contribution is 5.82. The second kappa shape index (κ2) is 4.79. The zero-order chi connectivity index (χ0) is 17.4. The van der Waals surface area contributed by atoms with Crippen LogP contribution in [0.3, 0.4) is 0 Å². The minimum atomic E-state index is -0.215. The molecule has 0 aromatic heterocycles. The number of nitrogens with one attached hydrogen (secondary N) is 2. The second-order valence-corrected chi connectivity index (χ2v) is 8.63. The maximum atomic E-state index is 12.9. The average Bonchev–Trinajstić information content (AvgIpc) is 3.30. The van der Waals surface area contributed by atoms with Crippen molar-refractivity contribution < 1.29 is 9.53 Å². The molecule has 25 heavy (non-hydrogen) atoms. The molecular formula is C21H28N2O2. The standard InChI is InChI=1S/C21H28N2O2/c1-4-9-19-12-15(17(24)25-3)21(13(19)2)20(10-11-22-18(19)20)14-7-5-6-8-16(14)23-21/h5-8,13,15,18,22-23H,4,9-12H2,1-3H3. The highest BCUT2D eigenvalue weighted by atomic mass is 16.5. The predicted molar refractivity (Wildman–Crippen MR) is 97.5 cm³/mol. The average molecular weight is 340 g/mol. The zero-order valence-electron chi connectivity index (χ0n) is 15.4. The highest BCUT2D eigenvalue weighted by Crippen LogP contribution is 2.77. The third kappa shape index (κ3) is 1.42. The van der Waals surface area contributed by atoms with Crippen LogP contribution in [0.2, 0.25) is 0 Å². The Balaban J connectivity index is 1.79. The van der Waals surface area contributed by atoms with E-state index in [4.69, 9.17) is 4.74 Å². The van der Waals surface area contributed by atoms with E-state index in [-0.39, 0.29) is 28.3 Å². The summed E-state index contributed by atoms with van der Waals surface area (Å²) in [7, 11) is 1.54. The molecule has 0 radical (unpaired) electrons. The number of carbonyl (C=O) groups is 1. The molecule has 2 N–H and O–H groups in total. The van der Waals surface area contributed by atoms with Gasteiger partial charge in [0.1, 0.15) is 0 Å². The number of hydrogen-bond donors (Lipinski definition) is 2. The molecule has 5 rings (SSSR count). The van der Waals surface area contributed by atoms with Crippen molar-refractivity contribution in [2.75, 3.05) is 19.0 Å². The fourth-order valence-electron chi connectivity index (χ4n) is 7.77. The van der Waals surface area contributed by atoms with Gasteiger partial charge in [0.25, 0.3) is 0 Å². The van der Waals surface area contributed by atoms with Crippen LogP contribution < -0.4 is 10.6 Å². The molecule has 0 amide bonds. The van der Waals surface area contributed by atoms with Gasteiger partial charge < -0.3 is 15.4 Å². The van der Waals surface area contributed by atoms with Crippen molar-refractivity contribution in [3.63, 3.8) is 0 Å². The molecule has 2 aliphatic heterocycles. The first-order valence-corrected chi connectivity index (χ1v) is 9.77. The zero-order valence-corrected chi connectivity index (χ0v) is 15.4. The largest absolute Gasteiger partial charge is 0.469 e. The molecule has 2 saturated carbocycles. The maximum Gasteiger partial charge on any atom is 0.311 e. The number of carbonyl (C=O) groups excluding carboxylic acids is 1. The van der Waals surface area contributed by atoms with Gasteiger partial charge >= 0.3 is 5.97 Å². The van der Waals surface area contributed by atoms with E-state index in [1.165, 1.54) is 17.7 Å². The number of anilines is 1. The molecule has 6 unspecified atom stereocenters. The minimum absolute atomic E-state index is 0.00921. The highest BCUT2D eigenvalue weighted by Gasteiger charge is 2.84. The molecule has 3 fully saturated rings. The van der Waals surface area contributed by atoms with Crippen LogP contribution in [-0.2, 0) is 14.9 Å². The normalized spacial score (nSPS) is 45.6. The lowest BCUT2D eigenvalue weighted by Crippen LogP contribution is -2.62. The van der Waals surface area contributed by atoms with E-state index in [1.807, 2.05) is 0 Å². The van der Waals surface area contributed by atoms with Crippen molar-refractivity contribution in [2.24, 2.45) is 17.3 Å². The van der Waals surface area contributed by atoms with E-state index in [1.54, 1.807) is 7.11 Å². The monoisotopic (exact) mass is 340 g/mol. The van der Waals surface area contributed by atoms with Gasteiger partial charge in [-0.2, -0.15) is 0 Å². The third-order valence-corrected chi connectivity index (χ3v) is 8.30. The second-order valence-electron chi connectivity index (χ2n) is 8.63. The number of para-hydroxylation sites is 1. The van der Waals surface area contributed by atoms with E-state index in [2.05, 4.69) is 48.7 Å². The first-order valence-electron chi connectivity index (χ1n) is 9.77. The first kappa shape index (κ1) is 15.7. The van der Waals surface area contributed by atoms with Crippen molar-refractivity contribution >= 4 is 11.7 Å². The Bertz CT molecular complexity index is 749. The van der Waals surface area contributed by atoms with Crippen LogP contribution in [0.25, 0.3) is 0 Å². The van der Waals surface area contributed by atoms with Crippen molar-refractivity contribution in [3.05, 3.63) is 29.8 Å². The summed E-state index contributed by atoms with van der Waals surface area (Å²) >= 11 is 0. The van der Waals surface area contributed by atoms with Gasteiger partial charge in [0, 0.05) is 17.1 Å². The molecule has 4 heteroatoms. The molecule has 2 spiro atoms.